The molecule has 0 bridgehead atoms. The number of para-hydroxylation sites is 1. The highest BCUT2D eigenvalue weighted by molar-refractivity contribution is 6.16. The highest BCUT2D eigenvalue weighted by Crippen LogP contribution is 2.26. The molecule has 3 aromatic carbocycles. The van der Waals surface area contributed by atoms with E-state index >= 15 is 0 Å². The number of nitrogens with one attached hydrogen (secondary N) is 2. The fraction of sp³-hybridized carbons (Fsp3) is 0.133. The number of hydrogen-bond acceptors (Lipinski definition) is 4. The van der Waals surface area contributed by atoms with E-state index in [4.69, 9.17) is 14.5 Å². The molecule has 0 atom stereocenters. The summed E-state index contributed by atoms with van der Waals surface area (Å²) in [5.74, 6) is 1.37. The Bertz CT molecular complexity index is 1400. The Balaban J connectivity index is 1.51. The molecular weight excluding hydrogens is 450 g/mol. The van der Waals surface area contributed by atoms with Crippen molar-refractivity contribution in [2.75, 3.05) is 27.3 Å². The van der Waals surface area contributed by atoms with Gasteiger partial charge in [-0.3, -0.25) is 9.79 Å². The summed E-state index contributed by atoms with van der Waals surface area (Å²) in [5, 5.41) is 3.98. The van der Waals surface area contributed by atoms with Gasteiger partial charge in [0.1, 0.15) is 11.5 Å². The zero-order valence-electron chi connectivity index (χ0n) is 20.5. The van der Waals surface area contributed by atoms with Crippen LogP contribution in [0.4, 0.5) is 0 Å². The van der Waals surface area contributed by atoms with Gasteiger partial charge in [0.2, 0.25) is 5.91 Å². The summed E-state index contributed by atoms with van der Waals surface area (Å²) in [7, 11) is 3.26. The second-order valence-corrected chi connectivity index (χ2v) is 8.02. The standard InChI is InChI=1S/C30H29N3O3/c1-4-25-26-7-5-6-8-27(26)33-30(25)29(22-12-16-24(36-3)17-13-22)32-20-19-31-28(34)18-11-21-9-14-23(35-2)15-10-21/h4-18,33H,1,19-20H2,2-3H3,(H,31,34)/b18-11+,32-29?. The number of nitrogens with zero attached hydrogens (tertiary/aromatic N) is 1. The van der Waals surface area contributed by atoms with Gasteiger partial charge >= 0.3 is 0 Å². The van der Waals surface area contributed by atoms with E-state index in [-0.39, 0.29) is 5.91 Å². The summed E-state index contributed by atoms with van der Waals surface area (Å²) >= 11 is 0. The van der Waals surface area contributed by atoms with Crippen molar-refractivity contribution in [3.63, 3.8) is 0 Å². The second kappa shape index (κ2) is 11.7. The molecular formula is C30H29N3O3. The van der Waals surface area contributed by atoms with Gasteiger partial charge in [-0.05, 0) is 54.1 Å². The van der Waals surface area contributed by atoms with Crippen molar-refractivity contribution in [2.24, 2.45) is 4.99 Å². The number of aromatic amines is 1. The number of rotatable bonds is 10. The van der Waals surface area contributed by atoms with E-state index in [1.54, 1.807) is 20.3 Å². The molecule has 182 valence electrons. The molecule has 0 aliphatic carbocycles. The predicted octanol–water partition coefficient (Wildman–Crippen LogP) is 5.50. The van der Waals surface area contributed by atoms with Crippen LogP contribution in [0.5, 0.6) is 11.5 Å². The van der Waals surface area contributed by atoms with E-state index in [9.17, 15) is 4.79 Å². The van der Waals surface area contributed by atoms with E-state index in [0.29, 0.717) is 13.1 Å². The zero-order valence-corrected chi connectivity index (χ0v) is 20.5. The Labute approximate surface area is 211 Å². The van der Waals surface area contributed by atoms with Crippen LogP contribution in [-0.4, -0.2) is 43.9 Å². The highest BCUT2D eigenvalue weighted by atomic mass is 16.5. The van der Waals surface area contributed by atoms with E-state index in [2.05, 4.69) is 22.9 Å². The molecule has 0 aliphatic heterocycles. The molecule has 6 heteroatoms. The number of H-pyrrole nitrogens is 1. The lowest BCUT2D eigenvalue weighted by Crippen LogP contribution is -2.24. The number of carbonyl (C=O) groups excluding carboxylic acids is 1. The lowest BCUT2D eigenvalue weighted by Gasteiger charge is -2.09. The molecule has 0 spiro atoms. The number of amides is 1. The number of aliphatic imine (C=N–C) groups is 1. The van der Waals surface area contributed by atoms with Crippen LogP contribution in [-0.2, 0) is 4.79 Å². The van der Waals surface area contributed by atoms with Crippen LogP contribution in [0.15, 0.2) is 90.4 Å². The minimum atomic E-state index is -0.176. The molecule has 0 fully saturated rings. The minimum Gasteiger partial charge on any atom is -0.497 e. The predicted molar refractivity (Wildman–Crippen MR) is 147 cm³/mol. The van der Waals surface area contributed by atoms with Crippen molar-refractivity contribution >= 4 is 34.7 Å². The lowest BCUT2D eigenvalue weighted by atomic mass is 10.0. The normalized spacial score (nSPS) is 11.6. The Morgan fingerprint density at radius 3 is 2.31 bits per heavy atom. The van der Waals surface area contributed by atoms with Crippen molar-refractivity contribution in [1.29, 1.82) is 0 Å². The fourth-order valence-electron chi connectivity index (χ4n) is 3.92. The van der Waals surface area contributed by atoms with Crippen molar-refractivity contribution in [2.45, 2.75) is 0 Å². The number of ether oxygens (including phenoxy) is 2. The average molecular weight is 480 g/mol. The van der Waals surface area contributed by atoms with Crippen LogP contribution in [0, 0.1) is 0 Å². The Morgan fingerprint density at radius 1 is 0.972 bits per heavy atom. The summed E-state index contributed by atoms with van der Waals surface area (Å²) in [4.78, 5) is 20.7. The first-order chi connectivity index (χ1) is 17.6. The van der Waals surface area contributed by atoms with Crippen molar-refractivity contribution in [3.8, 4) is 11.5 Å². The Kier molecular flexibility index (Phi) is 7.98. The maximum atomic E-state index is 12.3. The van der Waals surface area contributed by atoms with Crippen LogP contribution >= 0.6 is 0 Å². The summed E-state index contributed by atoms with van der Waals surface area (Å²) in [5.41, 5.74) is 5.55. The summed E-state index contributed by atoms with van der Waals surface area (Å²) < 4.78 is 10.5. The van der Waals surface area contributed by atoms with Gasteiger partial charge in [0.05, 0.1) is 32.2 Å². The number of fused-ring (bicyclic) bond motifs is 1. The third-order valence-corrected chi connectivity index (χ3v) is 5.77. The molecule has 0 saturated carbocycles. The number of aromatic nitrogens is 1. The first kappa shape index (κ1) is 24.5. The first-order valence-electron chi connectivity index (χ1n) is 11.6. The zero-order chi connectivity index (χ0) is 25.3. The lowest BCUT2D eigenvalue weighted by molar-refractivity contribution is -0.116. The SMILES string of the molecule is C=Cc1c(C(=NCCNC(=O)/C=C/c2ccc(OC)cc2)c2ccc(OC)cc2)[nH]c2ccccc12. The summed E-state index contributed by atoms with van der Waals surface area (Å²) in [6, 6.07) is 23.4. The van der Waals surface area contributed by atoms with E-state index in [1.807, 2.05) is 72.8 Å². The topological polar surface area (TPSA) is 75.7 Å². The van der Waals surface area contributed by atoms with E-state index in [1.165, 1.54) is 6.08 Å². The molecule has 1 aromatic heterocycles. The van der Waals surface area contributed by atoms with Gasteiger partial charge in [-0.25, -0.2) is 0 Å². The molecule has 0 aliphatic rings. The highest BCUT2D eigenvalue weighted by Gasteiger charge is 2.16. The van der Waals surface area contributed by atoms with E-state index < -0.39 is 0 Å². The number of carbonyl (C=O) groups is 1. The summed E-state index contributed by atoms with van der Waals surface area (Å²) in [6.45, 7) is 4.84. The third kappa shape index (κ3) is 5.73. The third-order valence-electron chi connectivity index (χ3n) is 5.77. The first-order valence-corrected chi connectivity index (χ1v) is 11.6. The van der Waals surface area contributed by atoms with Crippen molar-refractivity contribution in [3.05, 3.63) is 108 Å². The molecule has 1 heterocycles. The fourth-order valence-corrected chi connectivity index (χ4v) is 3.92. The maximum Gasteiger partial charge on any atom is 0.244 e. The maximum absolute atomic E-state index is 12.3. The molecule has 4 rings (SSSR count). The van der Waals surface area contributed by atoms with Crippen LogP contribution in [0.25, 0.3) is 23.1 Å². The van der Waals surface area contributed by atoms with E-state index in [0.717, 1.165) is 50.5 Å². The molecule has 0 unspecified atom stereocenters. The Hall–Kier alpha value is -4.58. The van der Waals surface area contributed by atoms with Crippen LogP contribution in [0.1, 0.15) is 22.4 Å². The summed E-state index contributed by atoms with van der Waals surface area (Å²) in [6.07, 6.45) is 5.13. The van der Waals surface area contributed by atoms with Crippen LogP contribution < -0.4 is 14.8 Å². The van der Waals surface area contributed by atoms with Crippen molar-refractivity contribution < 1.29 is 14.3 Å². The largest absolute Gasteiger partial charge is 0.497 e. The Morgan fingerprint density at radius 2 is 1.64 bits per heavy atom. The molecule has 36 heavy (non-hydrogen) atoms. The van der Waals surface area contributed by atoms with Gasteiger partial charge in [-0.2, -0.15) is 0 Å². The van der Waals surface area contributed by atoms with Crippen molar-refractivity contribution in [1.82, 2.24) is 10.3 Å². The van der Waals surface area contributed by atoms with Gasteiger partial charge in [0.25, 0.3) is 0 Å². The second-order valence-electron chi connectivity index (χ2n) is 8.02. The smallest absolute Gasteiger partial charge is 0.244 e. The van der Waals surface area contributed by atoms with Gasteiger partial charge in [-0.1, -0.05) is 43.0 Å². The number of methoxy groups -OCH3 is 2. The molecule has 0 radical (unpaired) electrons. The van der Waals surface area contributed by atoms with Gasteiger partial charge in [-0.15, -0.1) is 0 Å². The molecule has 0 saturated heterocycles. The van der Waals surface area contributed by atoms with Crippen LogP contribution in [0.2, 0.25) is 0 Å². The van der Waals surface area contributed by atoms with Gasteiger partial charge in [0.15, 0.2) is 0 Å². The molecule has 4 aromatic rings. The monoisotopic (exact) mass is 479 g/mol. The molecule has 2 N–H and O–H groups in total. The van der Waals surface area contributed by atoms with Gasteiger partial charge in [0, 0.05) is 34.7 Å². The molecule has 1 amide bonds. The number of benzene rings is 3. The molecule has 6 nitrogen and oxygen atoms in total. The van der Waals surface area contributed by atoms with Crippen LogP contribution in [0.3, 0.4) is 0 Å². The van der Waals surface area contributed by atoms with Gasteiger partial charge < -0.3 is 19.8 Å². The average Bonchev–Trinajstić information content (AvgIpc) is 3.30. The minimum absolute atomic E-state index is 0.176. The quantitative estimate of drug-likeness (QED) is 0.179. The number of hydrogen-bond donors (Lipinski definition) is 2.